The first-order valence-electron chi connectivity index (χ1n) is 6.34. The maximum atomic E-state index is 12.4. The molecule has 0 saturated heterocycles. The summed E-state index contributed by atoms with van der Waals surface area (Å²) in [6, 6.07) is 1.14. The minimum absolute atomic E-state index is 0.257. The van der Waals surface area contributed by atoms with E-state index in [1.54, 1.807) is 13.0 Å². The van der Waals surface area contributed by atoms with Gasteiger partial charge >= 0.3 is 11.7 Å². The number of allylic oxidation sites excluding steroid dienone is 2. The number of rotatable bonds is 5. The highest BCUT2D eigenvalue weighted by atomic mass is 19.4. The predicted octanol–water partition coefficient (Wildman–Crippen LogP) is 2.17. The van der Waals surface area contributed by atoms with E-state index in [1.165, 1.54) is 0 Å². The highest BCUT2D eigenvalue weighted by molar-refractivity contribution is 5.62. The highest BCUT2D eigenvalue weighted by Crippen LogP contribution is 2.24. The fraction of sp³-hybridized carbons (Fsp3) is 0.462. The second-order valence-corrected chi connectivity index (χ2v) is 4.47. The molecule has 0 saturated carbocycles. The third-order valence-corrected chi connectivity index (χ3v) is 2.77. The molecule has 0 aromatic carbocycles. The van der Waals surface area contributed by atoms with Crippen molar-refractivity contribution in [2.75, 3.05) is 0 Å². The molecule has 1 rings (SSSR count). The first-order chi connectivity index (χ1) is 9.74. The Bertz CT molecular complexity index is 641. The van der Waals surface area contributed by atoms with E-state index in [-0.39, 0.29) is 6.42 Å². The lowest BCUT2D eigenvalue weighted by Crippen LogP contribution is -2.27. The van der Waals surface area contributed by atoms with Crippen LogP contribution >= 0.6 is 0 Å². The van der Waals surface area contributed by atoms with E-state index in [0.29, 0.717) is 17.8 Å². The van der Waals surface area contributed by atoms with E-state index in [0.717, 1.165) is 19.2 Å². The van der Waals surface area contributed by atoms with Gasteiger partial charge in [-0.3, -0.25) is 19.7 Å². The Morgan fingerprint density at radius 2 is 2.05 bits per heavy atom. The molecule has 1 atom stereocenters. The zero-order valence-electron chi connectivity index (χ0n) is 11.6. The van der Waals surface area contributed by atoms with Gasteiger partial charge in [0.25, 0.3) is 0 Å². The van der Waals surface area contributed by atoms with Gasteiger partial charge in [0, 0.05) is 30.1 Å². The lowest BCUT2D eigenvalue weighted by Gasteiger charge is -2.10. The van der Waals surface area contributed by atoms with E-state index in [1.807, 2.05) is 0 Å². The van der Waals surface area contributed by atoms with Gasteiger partial charge in [0.15, 0.2) is 0 Å². The lowest BCUT2D eigenvalue weighted by atomic mass is 10.2. The van der Waals surface area contributed by atoms with Crippen LogP contribution in [0.3, 0.4) is 0 Å². The van der Waals surface area contributed by atoms with Crippen molar-refractivity contribution in [2.24, 2.45) is 10.9 Å². The van der Waals surface area contributed by atoms with Crippen LogP contribution in [0.1, 0.15) is 26.0 Å². The van der Waals surface area contributed by atoms with Crippen LogP contribution in [-0.4, -0.2) is 22.6 Å². The molecule has 21 heavy (non-hydrogen) atoms. The number of halogens is 3. The first kappa shape index (κ1) is 16.9. The first-order valence-corrected chi connectivity index (χ1v) is 6.34. The minimum atomic E-state index is -4.31. The van der Waals surface area contributed by atoms with Crippen molar-refractivity contribution in [3.8, 4) is 0 Å². The van der Waals surface area contributed by atoms with Gasteiger partial charge in [-0.15, -0.1) is 0 Å². The van der Waals surface area contributed by atoms with Gasteiger partial charge in [0.2, 0.25) is 5.43 Å². The molecule has 1 heterocycles. The molecule has 0 fully saturated rings. The number of aromatic nitrogens is 2. The third kappa shape index (κ3) is 5.41. The summed E-state index contributed by atoms with van der Waals surface area (Å²) >= 11 is 0. The second-order valence-electron chi connectivity index (χ2n) is 4.47. The Balaban J connectivity index is 2.80. The van der Waals surface area contributed by atoms with Crippen molar-refractivity contribution >= 4 is 6.21 Å². The quantitative estimate of drug-likeness (QED) is 0.646. The van der Waals surface area contributed by atoms with Crippen molar-refractivity contribution in [3.05, 3.63) is 44.1 Å². The predicted molar refractivity (Wildman–Crippen MR) is 73.5 cm³/mol. The van der Waals surface area contributed by atoms with Crippen molar-refractivity contribution in [3.63, 3.8) is 0 Å². The van der Waals surface area contributed by atoms with Gasteiger partial charge in [0.1, 0.15) is 0 Å². The summed E-state index contributed by atoms with van der Waals surface area (Å²) in [4.78, 5) is 25.8. The van der Waals surface area contributed by atoms with Crippen LogP contribution in [0.2, 0.25) is 0 Å². The number of H-pyrrole nitrogens is 2. The van der Waals surface area contributed by atoms with Crippen molar-refractivity contribution in [2.45, 2.75) is 32.9 Å². The summed E-state index contributed by atoms with van der Waals surface area (Å²) in [7, 11) is 0. The molecule has 1 aromatic rings. The number of aliphatic imine (C=N–C) groups is 1. The molecule has 2 N–H and O–H groups in total. The fourth-order valence-electron chi connectivity index (χ4n) is 1.38. The summed E-state index contributed by atoms with van der Waals surface area (Å²) in [6.45, 7) is 2.78. The maximum absolute atomic E-state index is 12.4. The molecule has 0 spiro atoms. The lowest BCUT2D eigenvalue weighted by molar-refractivity contribution is -0.149. The second kappa shape index (κ2) is 7.05. The van der Waals surface area contributed by atoms with Crippen molar-refractivity contribution in [1.29, 1.82) is 0 Å². The molecular formula is C13H16F3N3O2. The molecule has 0 aliphatic heterocycles. The van der Waals surface area contributed by atoms with Crippen LogP contribution in [0, 0.1) is 5.92 Å². The Labute approximate surface area is 118 Å². The average Bonchev–Trinajstić information content (AvgIpc) is 2.41. The van der Waals surface area contributed by atoms with Crippen LogP contribution in [0.4, 0.5) is 13.2 Å². The van der Waals surface area contributed by atoms with Gasteiger partial charge in [-0.2, -0.15) is 13.2 Å². The number of nitrogens with zero attached hydrogens (tertiary/aromatic N) is 1. The third-order valence-electron chi connectivity index (χ3n) is 2.77. The van der Waals surface area contributed by atoms with Crippen LogP contribution < -0.4 is 11.0 Å². The Morgan fingerprint density at radius 1 is 1.38 bits per heavy atom. The van der Waals surface area contributed by atoms with E-state index in [4.69, 9.17) is 0 Å². The van der Waals surface area contributed by atoms with Gasteiger partial charge in [-0.1, -0.05) is 13.0 Å². The molecule has 1 unspecified atom stereocenters. The number of hydrogen-bond acceptors (Lipinski definition) is 3. The number of hydrogen-bond donors (Lipinski definition) is 2. The Hall–Kier alpha value is -2.12. The Kier molecular flexibility index (Phi) is 5.69. The molecule has 0 amide bonds. The number of alkyl halides is 3. The summed E-state index contributed by atoms with van der Waals surface area (Å²) < 4.78 is 37.1. The van der Waals surface area contributed by atoms with Gasteiger partial charge in [-0.05, 0) is 13.3 Å². The zero-order valence-corrected chi connectivity index (χ0v) is 11.6. The van der Waals surface area contributed by atoms with Crippen LogP contribution in [0.25, 0.3) is 0 Å². The van der Waals surface area contributed by atoms with Crippen LogP contribution in [-0.2, 0) is 6.42 Å². The monoisotopic (exact) mass is 303 g/mol. The molecule has 0 aliphatic rings. The molecule has 0 radical (unpaired) electrons. The molecule has 0 bridgehead atoms. The minimum Gasteiger partial charge on any atom is -0.302 e. The summed E-state index contributed by atoms with van der Waals surface area (Å²) in [6.07, 6.45) is -1.15. The van der Waals surface area contributed by atoms with E-state index >= 15 is 0 Å². The van der Waals surface area contributed by atoms with Crippen LogP contribution in [0.5, 0.6) is 0 Å². The van der Waals surface area contributed by atoms with Crippen LogP contribution in [0.15, 0.2) is 32.4 Å². The largest absolute Gasteiger partial charge is 0.396 e. The summed E-state index contributed by atoms with van der Waals surface area (Å²) in [5.41, 5.74) is -0.511. The molecular weight excluding hydrogens is 287 g/mol. The highest BCUT2D eigenvalue weighted by Gasteiger charge is 2.34. The standard InChI is InChI=1S/C13H16F3N3O2/c1-3-9(17-7-8(2)13(14,15)16)4-5-10-6-11(20)12(21)19-18-10/h4,6-8H,3,5H2,1-2H3,(H,18,20)(H,19,21)/b9-4+,17-7?. The van der Waals surface area contributed by atoms with Crippen molar-refractivity contribution < 1.29 is 13.2 Å². The van der Waals surface area contributed by atoms with Gasteiger partial charge < -0.3 is 5.10 Å². The SMILES string of the molecule is CC/C(=C\Cc1cc(=O)c(=O)[nH][nH]1)N=CC(C)C(F)(F)F. The van der Waals surface area contributed by atoms with E-state index in [9.17, 15) is 22.8 Å². The number of aromatic amines is 2. The number of nitrogens with one attached hydrogen (secondary N) is 2. The van der Waals surface area contributed by atoms with Gasteiger partial charge in [-0.25, -0.2) is 0 Å². The summed E-state index contributed by atoms with van der Waals surface area (Å²) in [5, 5.41) is 4.70. The topological polar surface area (TPSA) is 78.1 Å². The van der Waals surface area contributed by atoms with Crippen molar-refractivity contribution in [1.82, 2.24) is 10.2 Å². The molecule has 5 nitrogen and oxygen atoms in total. The maximum Gasteiger partial charge on any atom is 0.396 e. The smallest absolute Gasteiger partial charge is 0.302 e. The van der Waals surface area contributed by atoms with E-state index in [2.05, 4.69) is 15.2 Å². The summed E-state index contributed by atoms with van der Waals surface area (Å²) in [5.74, 6) is -1.62. The molecule has 1 aromatic heterocycles. The van der Waals surface area contributed by atoms with Gasteiger partial charge in [0.05, 0.1) is 5.92 Å². The molecule has 116 valence electrons. The molecule has 0 aliphatic carbocycles. The average molecular weight is 303 g/mol. The molecule has 8 heteroatoms. The Morgan fingerprint density at radius 3 is 2.57 bits per heavy atom. The zero-order chi connectivity index (χ0) is 16.0. The normalized spacial score (nSPS) is 14.6. The fourth-order valence-corrected chi connectivity index (χ4v) is 1.38. The van der Waals surface area contributed by atoms with E-state index < -0.39 is 23.1 Å².